The average molecular weight is 483 g/mol. The van der Waals surface area contributed by atoms with Crippen LogP contribution in [0.3, 0.4) is 0 Å². The third kappa shape index (κ3) is 11.1. The summed E-state index contributed by atoms with van der Waals surface area (Å²) in [6.07, 6.45) is -0.0630. The highest BCUT2D eigenvalue weighted by Crippen LogP contribution is 2.24. The van der Waals surface area contributed by atoms with Gasteiger partial charge in [0.15, 0.2) is 0 Å². The smallest absolute Gasteiger partial charge is 0.407 e. The Hall–Kier alpha value is -3.39. The molecule has 0 aliphatic rings. The molecule has 2 aromatic rings. The molecule has 3 amide bonds. The molecule has 0 aliphatic carbocycles. The summed E-state index contributed by atoms with van der Waals surface area (Å²) in [6.45, 7) is 13.1. The van der Waals surface area contributed by atoms with Gasteiger partial charge in [-0.3, -0.25) is 9.59 Å². The Morgan fingerprint density at radius 2 is 1.40 bits per heavy atom. The van der Waals surface area contributed by atoms with Crippen LogP contribution in [0.2, 0.25) is 0 Å². The van der Waals surface area contributed by atoms with Crippen LogP contribution >= 0.6 is 0 Å². The summed E-state index contributed by atoms with van der Waals surface area (Å²) >= 11 is 0. The van der Waals surface area contributed by atoms with Gasteiger partial charge in [0.25, 0.3) is 5.91 Å². The second kappa shape index (κ2) is 12.4. The molecule has 0 bridgehead atoms. The second-order valence-electron chi connectivity index (χ2n) is 10.6. The van der Waals surface area contributed by atoms with E-state index >= 15 is 0 Å². The van der Waals surface area contributed by atoms with Crippen molar-refractivity contribution in [1.82, 2.24) is 10.6 Å². The quantitative estimate of drug-likeness (QED) is 0.379. The number of carbonyl (C=O) groups excluding carboxylic acids is 3. The Labute approximate surface area is 208 Å². The SMILES string of the molecule is CC(C)(C)CC(=O)Nc1ccccc1NC(=O)c1ccc(CNCCNC(=O)OC(C)(C)C)cc1. The van der Waals surface area contributed by atoms with E-state index in [0.717, 1.165) is 5.56 Å². The van der Waals surface area contributed by atoms with Crippen LogP contribution in [-0.4, -0.2) is 36.6 Å². The summed E-state index contributed by atoms with van der Waals surface area (Å²) in [5, 5.41) is 11.7. The predicted octanol–water partition coefficient (Wildman–Crippen LogP) is 4.93. The molecule has 0 radical (unpaired) electrons. The Morgan fingerprint density at radius 1 is 0.800 bits per heavy atom. The third-order valence-corrected chi connectivity index (χ3v) is 4.66. The maximum atomic E-state index is 12.8. The van der Waals surface area contributed by atoms with Gasteiger partial charge in [0, 0.05) is 31.6 Å². The van der Waals surface area contributed by atoms with Gasteiger partial charge < -0.3 is 26.0 Å². The number of carbonyl (C=O) groups is 3. The molecule has 0 heterocycles. The fraction of sp³-hybridized carbons (Fsp3) is 0.444. The van der Waals surface area contributed by atoms with Gasteiger partial charge in [-0.1, -0.05) is 45.0 Å². The lowest BCUT2D eigenvalue weighted by atomic mass is 9.92. The number of hydrogen-bond donors (Lipinski definition) is 4. The predicted molar refractivity (Wildman–Crippen MR) is 139 cm³/mol. The molecular weight excluding hydrogens is 444 g/mol. The van der Waals surface area contributed by atoms with Crippen LogP contribution in [0.5, 0.6) is 0 Å². The molecule has 190 valence electrons. The second-order valence-corrected chi connectivity index (χ2v) is 10.6. The van der Waals surface area contributed by atoms with E-state index in [-0.39, 0.29) is 17.2 Å². The first kappa shape index (κ1) is 27.9. The van der Waals surface area contributed by atoms with E-state index in [4.69, 9.17) is 4.74 Å². The van der Waals surface area contributed by atoms with E-state index in [2.05, 4.69) is 21.3 Å². The lowest BCUT2D eigenvalue weighted by Gasteiger charge is -2.19. The molecular formula is C27H38N4O4. The number of amides is 3. The Bertz CT molecular complexity index is 1010. The number of nitrogens with one attached hydrogen (secondary N) is 4. The Kier molecular flexibility index (Phi) is 9.83. The Morgan fingerprint density at radius 3 is 1.97 bits per heavy atom. The summed E-state index contributed by atoms with van der Waals surface area (Å²) in [6, 6.07) is 14.4. The number of anilines is 2. The van der Waals surface area contributed by atoms with E-state index in [0.29, 0.717) is 43.0 Å². The first-order chi connectivity index (χ1) is 16.3. The zero-order chi connectivity index (χ0) is 26.1. The van der Waals surface area contributed by atoms with Crippen molar-refractivity contribution in [2.75, 3.05) is 23.7 Å². The van der Waals surface area contributed by atoms with Gasteiger partial charge in [0.1, 0.15) is 5.60 Å². The van der Waals surface area contributed by atoms with Gasteiger partial charge in [-0.05, 0) is 56.0 Å². The van der Waals surface area contributed by atoms with Gasteiger partial charge in [-0.25, -0.2) is 4.79 Å². The summed E-state index contributed by atoms with van der Waals surface area (Å²) in [7, 11) is 0. The molecule has 8 heteroatoms. The molecule has 2 aromatic carbocycles. The van der Waals surface area contributed by atoms with E-state index in [9.17, 15) is 14.4 Å². The molecule has 35 heavy (non-hydrogen) atoms. The van der Waals surface area contributed by atoms with Crippen LogP contribution in [-0.2, 0) is 16.1 Å². The lowest BCUT2D eigenvalue weighted by Crippen LogP contribution is -2.36. The van der Waals surface area contributed by atoms with Crippen molar-refractivity contribution in [3.63, 3.8) is 0 Å². The topological polar surface area (TPSA) is 109 Å². The van der Waals surface area contributed by atoms with Crippen LogP contribution < -0.4 is 21.3 Å². The molecule has 0 fully saturated rings. The minimum Gasteiger partial charge on any atom is -0.444 e. The van der Waals surface area contributed by atoms with Gasteiger partial charge in [0.05, 0.1) is 11.4 Å². The minimum atomic E-state index is -0.520. The van der Waals surface area contributed by atoms with Crippen molar-refractivity contribution in [3.8, 4) is 0 Å². The normalized spacial score (nSPS) is 11.5. The molecule has 0 aromatic heterocycles. The zero-order valence-electron chi connectivity index (χ0n) is 21.6. The van der Waals surface area contributed by atoms with Gasteiger partial charge in [-0.15, -0.1) is 0 Å². The van der Waals surface area contributed by atoms with Gasteiger partial charge in [0.2, 0.25) is 5.91 Å². The van der Waals surface area contributed by atoms with Crippen LogP contribution in [0.1, 0.15) is 63.9 Å². The maximum Gasteiger partial charge on any atom is 0.407 e. The van der Waals surface area contributed by atoms with Crippen molar-refractivity contribution >= 4 is 29.3 Å². The number of hydrogen-bond acceptors (Lipinski definition) is 5. The van der Waals surface area contributed by atoms with E-state index in [1.807, 2.05) is 65.8 Å². The maximum absolute atomic E-state index is 12.8. The highest BCUT2D eigenvalue weighted by atomic mass is 16.6. The molecule has 2 rings (SSSR count). The third-order valence-electron chi connectivity index (χ3n) is 4.66. The summed E-state index contributed by atoms with van der Waals surface area (Å²) in [5.74, 6) is -0.360. The molecule has 0 unspecified atom stereocenters. The number of para-hydroxylation sites is 2. The first-order valence-corrected chi connectivity index (χ1v) is 11.8. The molecule has 0 saturated carbocycles. The highest BCUT2D eigenvalue weighted by molar-refractivity contribution is 6.07. The van der Waals surface area contributed by atoms with Crippen LogP contribution in [0, 0.1) is 5.41 Å². The number of ether oxygens (including phenoxy) is 1. The lowest BCUT2D eigenvalue weighted by molar-refractivity contribution is -0.117. The monoisotopic (exact) mass is 482 g/mol. The van der Waals surface area contributed by atoms with Gasteiger partial charge >= 0.3 is 6.09 Å². The fourth-order valence-corrected chi connectivity index (χ4v) is 3.15. The average Bonchev–Trinajstić information content (AvgIpc) is 2.72. The summed E-state index contributed by atoms with van der Waals surface area (Å²) < 4.78 is 5.19. The zero-order valence-corrected chi connectivity index (χ0v) is 21.6. The summed E-state index contributed by atoms with van der Waals surface area (Å²) in [5.41, 5.74) is 1.98. The number of benzene rings is 2. The fourth-order valence-electron chi connectivity index (χ4n) is 3.15. The summed E-state index contributed by atoms with van der Waals surface area (Å²) in [4.78, 5) is 36.7. The first-order valence-electron chi connectivity index (χ1n) is 11.8. The van der Waals surface area contributed by atoms with Crippen LogP contribution in [0.25, 0.3) is 0 Å². The van der Waals surface area contributed by atoms with Crippen molar-refractivity contribution < 1.29 is 19.1 Å². The number of alkyl carbamates (subject to hydrolysis) is 1. The molecule has 8 nitrogen and oxygen atoms in total. The van der Waals surface area contributed by atoms with Crippen molar-refractivity contribution in [2.45, 2.75) is 60.1 Å². The molecule has 0 spiro atoms. The van der Waals surface area contributed by atoms with E-state index in [1.54, 1.807) is 24.3 Å². The molecule has 0 saturated heterocycles. The van der Waals surface area contributed by atoms with E-state index in [1.165, 1.54) is 0 Å². The minimum absolute atomic E-state index is 0.0997. The molecule has 4 N–H and O–H groups in total. The van der Waals surface area contributed by atoms with Crippen LogP contribution in [0.4, 0.5) is 16.2 Å². The van der Waals surface area contributed by atoms with E-state index < -0.39 is 11.7 Å². The van der Waals surface area contributed by atoms with Crippen molar-refractivity contribution in [2.24, 2.45) is 5.41 Å². The number of rotatable bonds is 9. The molecule has 0 aliphatic heterocycles. The van der Waals surface area contributed by atoms with Crippen molar-refractivity contribution in [3.05, 3.63) is 59.7 Å². The highest BCUT2D eigenvalue weighted by Gasteiger charge is 2.18. The molecule has 0 atom stereocenters. The van der Waals surface area contributed by atoms with Crippen LogP contribution in [0.15, 0.2) is 48.5 Å². The van der Waals surface area contributed by atoms with Gasteiger partial charge in [-0.2, -0.15) is 0 Å². The Balaban J connectivity index is 1.84. The largest absolute Gasteiger partial charge is 0.444 e. The van der Waals surface area contributed by atoms with Crippen molar-refractivity contribution in [1.29, 1.82) is 0 Å². The standard InChI is InChI=1S/C27H38N4O4/c1-26(2,3)17-23(32)30-21-9-7-8-10-22(21)31-24(33)20-13-11-19(12-14-20)18-28-15-16-29-25(34)35-27(4,5)6/h7-14,28H,15-18H2,1-6H3,(H,29,34)(H,30,32)(H,31,33).